The summed E-state index contributed by atoms with van der Waals surface area (Å²) >= 11 is -2.77. The van der Waals surface area contributed by atoms with Crippen LogP contribution in [0, 0.1) is 0 Å². The first-order valence-electron chi connectivity index (χ1n) is 3.01. The Bertz CT molecular complexity index is 150. The normalized spacial score (nSPS) is 14.8. The van der Waals surface area contributed by atoms with Crippen LogP contribution in [0.15, 0.2) is 23.3 Å². The summed E-state index contributed by atoms with van der Waals surface area (Å²) in [5.41, 5.74) is 2.90. The van der Waals surface area contributed by atoms with E-state index in [2.05, 4.69) is 26.0 Å². The summed E-state index contributed by atoms with van der Waals surface area (Å²) in [6, 6.07) is 0. The van der Waals surface area contributed by atoms with Crippen molar-refractivity contribution in [3.8, 4) is 0 Å². The standard InChI is InChI=1S/C7H10.2FH.Zr/c1-6-3-4-7(2)5-6;;;/h3,5H,4H2,1-2H3;2*1H;/q;;;+2/p-2. The van der Waals surface area contributed by atoms with Gasteiger partial charge in [-0.25, -0.2) is 0 Å². The Balaban J connectivity index is 0.000000236. The van der Waals surface area contributed by atoms with Crippen molar-refractivity contribution in [2.24, 2.45) is 0 Å². The van der Waals surface area contributed by atoms with Gasteiger partial charge in [0.15, 0.2) is 0 Å². The summed E-state index contributed by atoms with van der Waals surface area (Å²) < 4.78 is 19.6. The van der Waals surface area contributed by atoms with Crippen LogP contribution in [0.4, 0.5) is 5.25 Å². The Hall–Kier alpha value is 0.223. The zero-order valence-corrected chi connectivity index (χ0v) is 8.58. The van der Waals surface area contributed by atoms with Gasteiger partial charge in [-0.05, 0) is 20.3 Å². The number of hydrogen-bond acceptors (Lipinski definition) is 0. The second kappa shape index (κ2) is 5.97. The Morgan fingerprint density at radius 3 is 2.00 bits per heavy atom. The van der Waals surface area contributed by atoms with Crippen LogP contribution in [-0.2, 0) is 24.5 Å². The van der Waals surface area contributed by atoms with E-state index in [1.165, 1.54) is 17.6 Å². The van der Waals surface area contributed by atoms with E-state index < -0.39 is 24.5 Å². The van der Waals surface area contributed by atoms with Crippen LogP contribution in [0.1, 0.15) is 20.3 Å². The summed E-state index contributed by atoms with van der Waals surface area (Å²) in [7, 11) is 0. The molecule has 0 N–H and O–H groups in total. The quantitative estimate of drug-likeness (QED) is 0.592. The zero-order valence-electron chi connectivity index (χ0n) is 6.12. The summed E-state index contributed by atoms with van der Waals surface area (Å²) in [6.07, 6.45) is 5.64. The molecule has 0 unspecified atom stereocenters. The van der Waals surface area contributed by atoms with Crippen molar-refractivity contribution in [1.29, 1.82) is 0 Å². The molecule has 0 bridgehead atoms. The van der Waals surface area contributed by atoms with E-state index in [0.717, 1.165) is 0 Å². The SMILES string of the molecule is CC1=CCC(C)=C1.[F][Zr][F]. The van der Waals surface area contributed by atoms with Crippen molar-refractivity contribution in [2.45, 2.75) is 20.3 Å². The first kappa shape index (κ1) is 10.2. The third kappa shape index (κ3) is 5.04. The van der Waals surface area contributed by atoms with E-state index in [1.54, 1.807) is 0 Å². The minimum absolute atomic E-state index is 1.17. The van der Waals surface area contributed by atoms with E-state index >= 15 is 0 Å². The third-order valence-corrected chi connectivity index (χ3v) is 1.22. The molecule has 3 heteroatoms. The van der Waals surface area contributed by atoms with Crippen LogP contribution in [0.2, 0.25) is 0 Å². The topological polar surface area (TPSA) is 0 Å². The van der Waals surface area contributed by atoms with Gasteiger partial charge in [0.1, 0.15) is 0 Å². The molecule has 1 rings (SSSR count). The Kier molecular flexibility index (Phi) is 6.10. The van der Waals surface area contributed by atoms with Gasteiger partial charge in [-0.15, -0.1) is 0 Å². The summed E-state index contributed by atoms with van der Waals surface area (Å²) in [5.74, 6) is 0. The molecule has 10 heavy (non-hydrogen) atoms. The fourth-order valence-electron chi connectivity index (χ4n) is 0.828. The van der Waals surface area contributed by atoms with Gasteiger partial charge in [-0.2, -0.15) is 0 Å². The monoisotopic (exact) mass is 222 g/mol. The second-order valence-electron chi connectivity index (χ2n) is 2.21. The molecule has 0 saturated carbocycles. The fraction of sp³-hybridized carbons (Fsp3) is 0.429. The van der Waals surface area contributed by atoms with Crippen LogP contribution < -0.4 is 0 Å². The molecular formula is C7H10F2Zr. The Morgan fingerprint density at radius 2 is 1.90 bits per heavy atom. The number of rotatable bonds is 0. The molecule has 1 aliphatic rings. The molecule has 0 heterocycles. The average Bonchev–Trinajstić information content (AvgIpc) is 2.17. The molecule has 56 valence electrons. The van der Waals surface area contributed by atoms with Gasteiger partial charge in [0.25, 0.3) is 0 Å². The number of hydrogen-bond donors (Lipinski definition) is 0. The van der Waals surface area contributed by atoms with Crippen LogP contribution >= 0.6 is 0 Å². The minimum atomic E-state index is -2.77. The molecule has 0 aliphatic heterocycles. The van der Waals surface area contributed by atoms with E-state index in [1.807, 2.05) is 0 Å². The van der Waals surface area contributed by atoms with Gasteiger partial charge in [-0.3, -0.25) is 0 Å². The molecule has 0 spiro atoms. The van der Waals surface area contributed by atoms with Gasteiger partial charge in [0.05, 0.1) is 0 Å². The molecular weight excluding hydrogens is 213 g/mol. The predicted molar refractivity (Wildman–Crippen MR) is 34.3 cm³/mol. The van der Waals surface area contributed by atoms with Crippen molar-refractivity contribution in [1.82, 2.24) is 0 Å². The van der Waals surface area contributed by atoms with Crippen LogP contribution in [0.5, 0.6) is 0 Å². The van der Waals surface area contributed by atoms with E-state index in [9.17, 15) is 5.25 Å². The van der Waals surface area contributed by atoms with Crippen LogP contribution in [0.25, 0.3) is 0 Å². The molecule has 0 aromatic carbocycles. The zero-order chi connectivity index (χ0) is 7.98. The Labute approximate surface area is 73.3 Å². The maximum absolute atomic E-state index is 9.80. The predicted octanol–water partition coefficient (Wildman–Crippen LogP) is 3.12. The number of allylic oxidation sites excluding steroid dienone is 4. The molecule has 0 amide bonds. The summed E-state index contributed by atoms with van der Waals surface area (Å²) in [5, 5.41) is 0. The molecule has 0 fully saturated rings. The van der Waals surface area contributed by atoms with Crippen molar-refractivity contribution >= 4 is 0 Å². The van der Waals surface area contributed by atoms with Crippen molar-refractivity contribution in [2.75, 3.05) is 0 Å². The van der Waals surface area contributed by atoms with E-state index in [4.69, 9.17) is 0 Å². The number of halogens is 2. The van der Waals surface area contributed by atoms with Gasteiger partial charge in [-0.1, -0.05) is 23.3 Å². The van der Waals surface area contributed by atoms with Crippen LogP contribution in [0.3, 0.4) is 0 Å². The molecule has 1 aliphatic carbocycles. The van der Waals surface area contributed by atoms with Gasteiger partial charge >= 0.3 is 29.7 Å². The Morgan fingerprint density at radius 1 is 1.40 bits per heavy atom. The summed E-state index contributed by atoms with van der Waals surface area (Å²) in [4.78, 5) is 0. The fourth-order valence-corrected chi connectivity index (χ4v) is 0.828. The molecule has 0 nitrogen and oxygen atoms in total. The first-order valence-corrected chi connectivity index (χ1v) is 4.86. The van der Waals surface area contributed by atoms with Crippen molar-refractivity contribution in [3.63, 3.8) is 0 Å². The second-order valence-corrected chi connectivity index (χ2v) is 2.57. The van der Waals surface area contributed by atoms with E-state index in [-0.39, 0.29) is 0 Å². The molecule has 0 atom stereocenters. The maximum atomic E-state index is 9.80. The van der Waals surface area contributed by atoms with Crippen molar-refractivity contribution in [3.05, 3.63) is 23.3 Å². The molecule has 0 aromatic heterocycles. The van der Waals surface area contributed by atoms with Crippen LogP contribution in [-0.4, -0.2) is 0 Å². The third-order valence-electron chi connectivity index (χ3n) is 1.22. The first-order chi connectivity index (χ1) is 4.70. The molecule has 0 radical (unpaired) electrons. The van der Waals surface area contributed by atoms with Gasteiger partial charge < -0.3 is 0 Å². The molecule has 0 saturated heterocycles. The average molecular weight is 223 g/mol. The van der Waals surface area contributed by atoms with Gasteiger partial charge in [0.2, 0.25) is 0 Å². The van der Waals surface area contributed by atoms with E-state index in [0.29, 0.717) is 0 Å². The van der Waals surface area contributed by atoms with Gasteiger partial charge in [0, 0.05) is 0 Å². The molecule has 0 aromatic rings. The van der Waals surface area contributed by atoms with Crippen molar-refractivity contribution < 1.29 is 29.7 Å². The summed E-state index contributed by atoms with van der Waals surface area (Å²) in [6.45, 7) is 4.30.